The fourth-order valence-electron chi connectivity index (χ4n) is 3.26. The van der Waals surface area contributed by atoms with Gasteiger partial charge in [-0.1, -0.05) is 0 Å². The van der Waals surface area contributed by atoms with Crippen LogP contribution in [0.5, 0.6) is 0 Å². The smallest absolute Gasteiger partial charge is 0.323 e. The van der Waals surface area contributed by atoms with Gasteiger partial charge in [-0.25, -0.2) is 0 Å². The van der Waals surface area contributed by atoms with Crippen LogP contribution in [-0.4, -0.2) is 72.1 Å². The van der Waals surface area contributed by atoms with Crippen molar-refractivity contribution in [2.45, 2.75) is 38.5 Å². The highest BCUT2D eigenvalue weighted by molar-refractivity contribution is 5.78. The van der Waals surface area contributed by atoms with Gasteiger partial charge in [0.15, 0.2) is 5.82 Å². The molecule has 3 heterocycles. The maximum absolute atomic E-state index is 12.0. The number of anilines is 1. The summed E-state index contributed by atoms with van der Waals surface area (Å²) in [6.45, 7) is 7.77. The number of nitrogens with zero attached hydrogens (tertiary/aromatic N) is 4. The summed E-state index contributed by atoms with van der Waals surface area (Å²) in [6.07, 6.45) is 2.51. The normalized spacial score (nSPS) is 28.6. The van der Waals surface area contributed by atoms with Crippen molar-refractivity contribution in [3.63, 3.8) is 0 Å². The van der Waals surface area contributed by atoms with Gasteiger partial charge >= 0.3 is 5.97 Å². The van der Waals surface area contributed by atoms with Gasteiger partial charge in [0.25, 0.3) is 0 Å². The van der Waals surface area contributed by atoms with Gasteiger partial charge in [0, 0.05) is 38.8 Å². The lowest BCUT2D eigenvalue weighted by molar-refractivity contribution is -0.146. The maximum Gasteiger partial charge on any atom is 0.323 e. The summed E-state index contributed by atoms with van der Waals surface area (Å²) in [5.41, 5.74) is 0. The molecule has 0 aliphatic carbocycles. The molecule has 2 aliphatic rings. The van der Waals surface area contributed by atoms with E-state index in [1.165, 1.54) is 0 Å². The molecule has 0 radical (unpaired) electrons. The quantitative estimate of drug-likeness (QED) is 0.740. The van der Waals surface area contributed by atoms with Crippen molar-refractivity contribution in [2.24, 2.45) is 0 Å². The van der Waals surface area contributed by atoms with Crippen LogP contribution >= 0.6 is 0 Å². The Labute approximate surface area is 136 Å². The predicted molar refractivity (Wildman–Crippen MR) is 85.2 cm³/mol. The van der Waals surface area contributed by atoms with E-state index in [2.05, 4.69) is 26.9 Å². The summed E-state index contributed by atoms with van der Waals surface area (Å²) in [7, 11) is 0. The molecule has 1 aromatic rings. The number of hydrogen-bond acceptors (Lipinski definition) is 7. The molecule has 1 aromatic heterocycles. The van der Waals surface area contributed by atoms with Crippen LogP contribution in [0.3, 0.4) is 0 Å². The number of cyclic esters (lactones) is 1. The first-order valence-corrected chi connectivity index (χ1v) is 8.26. The second kappa shape index (κ2) is 7.23. The second-order valence-electron chi connectivity index (χ2n) is 6.11. The molecule has 0 aromatic carbocycles. The van der Waals surface area contributed by atoms with Gasteiger partial charge in [0.1, 0.15) is 12.1 Å². The van der Waals surface area contributed by atoms with E-state index >= 15 is 0 Å². The van der Waals surface area contributed by atoms with E-state index in [0.29, 0.717) is 6.61 Å². The molecule has 2 saturated heterocycles. The number of carbonyl (C=O) groups excluding carboxylic acids is 1. The summed E-state index contributed by atoms with van der Waals surface area (Å²) in [4.78, 5) is 16.3. The van der Waals surface area contributed by atoms with Gasteiger partial charge in [-0.05, 0) is 26.0 Å². The first-order chi connectivity index (χ1) is 11.2. The Balaban J connectivity index is 1.61. The van der Waals surface area contributed by atoms with Crippen LogP contribution in [0.15, 0.2) is 18.3 Å². The molecule has 3 rings (SSSR count). The van der Waals surface area contributed by atoms with Crippen LogP contribution < -0.4 is 4.90 Å². The van der Waals surface area contributed by atoms with Crippen molar-refractivity contribution in [3.8, 4) is 0 Å². The fraction of sp³-hybridized carbons (Fsp3) is 0.688. The number of morpholine rings is 1. The first kappa shape index (κ1) is 16.1. The van der Waals surface area contributed by atoms with E-state index < -0.39 is 0 Å². The standard InChI is InChI=1S/C16H24N4O3/c1-3-19(15-5-4-6-17-18-15)10-13-11-20(7-8-22-13)14-9-12(2)23-16(14)21/h4-6,12-14H,3,7-11H2,1-2H3/t12-,13-,14-/m1/s1. The monoisotopic (exact) mass is 320 g/mol. The minimum absolute atomic E-state index is 0.0144. The molecule has 0 amide bonds. The fourth-order valence-corrected chi connectivity index (χ4v) is 3.26. The number of hydrogen-bond donors (Lipinski definition) is 0. The first-order valence-electron chi connectivity index (χ1n) is 8.26. The second-order valence-corrected chi connectivity index (χ2v) is 6.11. The van der Waals surface area contributed by atoms with Gasteiger partial charge in [-0.2, -0.15) is 5.10 Å². The Morgan fingerprint density at radius 3 is 3.00 bits per heavy atom. The lowest BCUT2D eigenvalue weighted by atomic mass is 10.1. The van der Waals surface area contributed by atoms with E-state index in [4.69, 9.17) is 9.47 Å². The van der Waals surface area contributed by atoms with Crippen LogP contribution in [0.4, 0.5) is 5.82 Å². The van der Waals surface area contributed by atoms with Crippen molar-refractivity contribution in [1.29, 1.82) is 0 Å². The highest BCUT2D eigenvalue weighted by Gasteiger charge is 2.38. The van der Waals surface area contributed by atoms with Gasteiger partial charge in [-0.15, -0.1) is 5.10 Å². The number of likely N-dealkylation sites (N-methyl/N-ethyl adjacent to an activating group) is 1. The minimum atomic E-state index is -0.122. The van der Waals surface area contributed by atoms with E-state index in [-0.39, 0.29) is 24.2 Å². The summed E-state index contributed by atoms with van der Waals surface area (Å²) < 4.78 is 11.2. The molecule has 2 fully saturated rings. The van der Waals surface area contributed by atoms with Crippen molar-refractivity contribution in [2.75, 3.05) is 37.7 Å². The van der Waals surface area contributed by atoms with E-state index in [1.807, 2.05) is 19.1 Å². The average molecular weight is 320 g/mol. The average Bonchev–Trinajstić information content (AvgIpc) is 2.92. The third-order valence-electron chi connectivity index (χ3n) is 4.44. The van der Waals surface area contributed by atoms with Crippen molar-refractivity contribution < 1.29 is 14.3 Å². The molecular formula is C16H24N4O3. The van der Waals surface area contributed by atoms with E-state index in [1.54, 1.807) is 6.20 Å². The molecule has 126 valence electrons. The molecule has 3 atom stereocenters. The van der Waals surface area contributed by atoms with Gasteiger partial charge in [-0.3, -0.25) is 9.69 Å². The van der Waals surface area contributed by atoms with Crippen molar-refractivity contribution >= 4 is 11.8 Å². The molecule has 0 saturated carbocycles. The zero-order valence-corrected chi connectivity index (χ0v) is 13.7. The highest BCUT2D eigenvalue weighted by atomic mass is 16.6. The van der Waals surface area contributed by atoms with E-state index in [0.717, 1.165) is 38.4 Å². The molecule has 7 heteroatoms. The third kappa shape index (κ3) is 3.79. The minimum Gasteiger partial charge on any atom is -0.461 e. The summed E-state index contributed by atoms with van der Waals surface area (Å²) in [5.74, 6) is 0.754. The Hall–Kier alpha value is -1.73. The SMILES string of the molecule is CCN(C[C@@H]1CN([C@@H]2C[C@@H](C)OC2=O)CCO1)c1cccnn1. The molecule has 0 bridgehead atoms. The molecule has 0 spiro atoms. The van der Waals surface area contributed by atoms with Gasteiger partial charge in [0.2, 0.25) is 0 Å². The zero-order valence-electron chi connectivity index (χ0n) is 13.7. The summed E-state index contributed by atoms with van der Waals surface area (Å²) in [6, 6.07) is 3.71. The largest absolute Gasteiger partial charge is 0.461 e. The Morgan fingerprint density at radius 2 is 2.35 bits per heavy atom. The molecule has 0 N–H and O–H groups in total. The number of esters is 1. The third-order valence-corrected chi connectivity index (χ3v) is 4.44. The van der Waals surface area contributed by atoms with Gasteiger partial charge < -0.3 is 14.4 Å². The molecule has 2 aliphatic heterocycles. The molecule has 7 nitrogen and oxygen atoms in total. The zero-order chi connectivity index (χ0) is 16.2. The van der Waals surface area contributed by atoms with Crippen molar-refractivity contribution in [1.82, 2.24) is 15.1 Å². The lowest BCUT2D eigenvalue weighted by Crippen LogP contribution is -2.52. The van der Waals surface area contributed by atoms with Crippen molar-refractivity contribution in [3.05, 3.63) is 18.3 Å². The lowest BCUT2D eigenvalue weighted by Gasteiger charge is -2.37. The van der Waals surface area contributed by atoms with Crippen LogP contribution in [0.1, 0.15) is 20.3 Å². The number of carbonyl (C=O) groups is 1. The van der Waals surface area contributed by atoms with Gasteiger partial charge in [0.05, 0.1) is 12.7 Å². The molecule has 0 unspecified atom stereocenters. The molecular weight excluding hydrogens is 296 g/mol. The van der Waals surface area contributed by atoms with Crippen LogP contribution in [0.25, 0.3) is 0 Å². The van der Waals surface area contributed by atoms with Crippen LogP contribution in [0, 0.1) is 0 Å². The predicted octanol–water partition coefficient (Wildman–Crippen LogP) is 0.708. The van der Waals surface area contributed by atoms with E-state index in [9.17, 15) is 4.79 Å². The number of ether oxygens (including phenoxy) is 2. The maximum atomic E-state index is 12.0. The topological polar surface area (TPSA) is 67.8 Å². The van der Waals surface area contributed by atoms with Crippen LogP contribution in [0.2, 0.25) is 0 Å². The van der Waals surface area contributed by atoms with Crippen LogP contribution in [-0.2, 0) is 14.3 Å². The highest BCUT2D eigenvalue weighted by Crippen LogP contribution is 2.22. The molecule has 23 heavy (non-hydrogen) atoms. The Morgan fingerprint density at radius 1 is 1.48 bits per heavy atom. The Kier molecular flexibility index (Phi) is 5.07. The Bertz CT molecular complexity index is 527. The number of aromatic nitrogens is 2. The summed E-state index contributed by atoms with van der Waals surface area (Å²) >= 11 is 0. The summed E-state index contributed by atoms with van der Waals surface area (Å²) in [5, 5.41) is 8.11. The number of rotatable bonds is 5.